The third-order valence-corrected chi connectivity index (χ3v) is 1.41. The van der Waals surface area contributed by atoms with Gasteiger partial charge in [-0.3, -0.25) is 0 Å². The van der Waals surface area contributed by atoms with Gasteiger partial charge in [-0.1, -0.05) is 24.8 Å². The van der Waals surface area contributed by atoms with Crippen LogP contribution >= 0.6 is 0 Å². The van der Waals surface area contributed by atoms with Crippen molar-refractivity contribution < 1.29 is 0 Å². The highest BCUT2D eigenvalue weighted by Crippen LogP contribution is 2.07. The molecule has 0 bridgehead atoms. The van der Waals surface area contributed by atoms with Gasteiger partial charge in [-0.15, -0.1) is 0 Å². The summed E-state index contributed by atoms with van der Waals surface area (Å²) in [5.74, 6) is 0. The van der Waals surface area contributed by atoms with Crippen molar-refractivity contribution in [3.63, 3.8) is 0 Å². The summed E-state index contributed by atoms with van der Waals surface area (Å²) in [7, 11) is 0. The molecule has 0 aromatic carbocycles. The smallest absolute Gasteiger partial charge is 0.00808 e. The summed E-state index contributed by atoms with van der Waals surface area (Å²) in [5, 5.41) is 0. The van der Waals surface area contributed by atoms with E-state index in [2.05, 4.69) is 18.5 Å². The van der Waals surface area contributed by atoms with Crippen molar-refractivity contribution in [1.29, 1.82) is 0 Å². The van der Waals surface area contributed by atoms with Gasteiger partial charge in [0.25, 0.3) is 0 Å². The van der Waals surface area contributed by atoms with Gasteiger partial charge in [0.15, 0.2) is 0 Å². The molecule has 0 atom stereocenters. The number of aryl methyl sites for hydroxylation is 1. The molecule has 10 heavy (non-hydrogen) atoms. The molecule has 0 amide bonds. The molecule has 1 heteroatoms. The topological polar surface area (TPSA) is 15.8 Å². The van der Waals surface area contributed by atoms with Gasteiger partial charge >= 0.3 is 0 Å². The van der Waals surface area contributed by atoms with E-state index < -0.39 is 0 Å². The van der Waals surface area contributed by atoms with Crippen LogP contribution in [0.5, 0.6) is 0 Å². The number of rotatable bonds is 2. The lowest BCUT2D eigenvalue weighted by Crippen LogP contribution is -1.66. The molecule has 1 aromatic rings. The molecule has 1 aromatic heterocycles. The van der Waals surface area contributed by atoms with Crippen LogP contribution in [0.15, 0.2) is 31.1 Å². The molecular weight excluding hydrogens is 122 g/mol. The molecule has 0 aliphatic rings. The van der Waals surface area contributed by atoms with E-state index in [0.29, 0.717) is 0 Å². The lowest BCUT2D eigenvalue weighted by atomic mass is 10.2. The average molecular weight is 133 g/mol. The van der Waals surface area contributed by atoms with E-state index in [0.717, 1.165) is 0 Å². The highest BCUT2D eigenvalue weighted by atomic mass is 14.6. The molecular formula is C9H11N. The molecule has 1 heterocycles. The lowest BCUT2D eigenvalue weighted by molar-refractivity contribution is 1.39. The van der Waals surface area contributed by atoms with Gasteiger partial charge in [-0.05, 0) is 18.1 Å². The number of aromatic amines is 1. The van der Waals surface area contributed by atoms with Crippen molar-refractivity contribution in [2.24, 2.45) is 0 Å². The van der Waals surface area contributed by atoms with E-state index in [4.69, 9.17) is 0 Å². The second-order valence-electron chi connectivity index (χ2n) is 2.19. The Hall–Kier alpha value is -1.24. The normalized spacial score (nSPS) is 10.5. The van der Waals surface area contributed by atoms with Crippen molar-refractivity contribution in [3.8, 4) is 0 Å². The molecule has 0 spiro atoms. The largest absolute Gasteiger partial charge is 0.367 e. The average Bonchev–Trinajstić information content (AvgIpc) is 2.31. The number of allylic oxidation sites excluding steroid dienone is 2. The predicted octanol–water partition coefficient (Wildman–Crippen LogP) is 2.52. The molecule has 0 fully saturated rings. The Morgan fingerprint density at radius 1 is 1.50 bits per heavy atom. The van der Waals surface area contributed by atoms with Gasteiger partial charge in [0.1, 0.15) is 0 Å². The summed E-state index contributed by atoms with van der Waals surface area (Å²) < 4.78 is 0. The third kappa shape index (κ3) is 1.38. The molecule has 52 valence electrons. The molecule has 0 radical (unpaired) electrons. The molecule has 0 saturated carbocycles. The van der Waals surface area contributed by atoms with Crippen molar-refractivity contribution in [3.05, 3.63) is 42.3 Å². The minimum absolute atomic E-state index is 1.22. The third-order valence-electron chi connectivity index (χ3n) is 1.41. The summed E-state index contributed by atoms with van der Waals surface area (Å²) in [4.78, 5) is 3.02. The molecule has 1 N–H and O–H groups in total. The fraction of sp³-hybridized carbons (Fsp3) is 0.111. The van der Waals surface area contributed by atoms with Gasteiger partial charge in [-0.2, -0.15) is 0 Å². The Labute approximate surface area is 61.1 Å². The van der Waals surface area contributed by atoms with Gasteiger partial charge < -0.3 is 4.98 Å². The lowest BCUT2D eigenvalue weighted by Gasteiger charge is -1.85. The fourth-order valence-electron chi connectivity index (χ4n) is 0.805. The van der Waals surface area contributed by atoms with Gasteiger partial charge in [0.05, 0.1) is 0 Å². The van der Waals surface area contributed by atoms with Crippen LogP contribution in [-0.2, 0) is 0 Å². The summed E-state index contributed by atoms with van der Waals surface area (Å²) in [6.07, 6.45) is 9.67. The SMILES string of the molecule is C=C/C=C\c1c[nH]cc1C. The van der Waals surface area contributed by atoms with Crippen molar-refractivity contribution in [2.75, 3.05) is 0 Å². The standard InChI is InChI=1S/C9H11N/c1-3-4-5-9-7-10-6-8(9)2/h3-7,10H,1H2,2H3/b5-4-. The molecule has 0 unspecified atom stereocenters. The monoisotopic (exact) mass is 133 g/mol. The Morgan fingerprint density at radius 2 is 2.30 bits per heavy atom. The molecule has 0 aliphatic carbocycles. The van der Waals surface area contributed by atoms with Crippen LogP contribution in [0.25, 0.3) is 6.08 Å². The number of aromatic nitrogens is 1. The number of nitrogens with one attached hydrogen (secondary N) is 1. The van der Waals surface area contributed by atoms with Crippen LogP contribution in [0.3, 0.4) is 0 Å². The van der Waals surface area contributed by atoms with E-state index in [-0.39, 0.29) is 0 Å². The highest BCUT2D eigenvalue weighted by Gasteiger charge is 1.90. The highest BCUT2D eigenvalue weighted by molar-refractivity contribution is 5.53. The summed E-state index contributed by atoms with van der Waals surface area (Å²) in [6.45, 7) is 5.66. The van der Waals surface area contributed by atoms with Gasteiger partial charge in [0, 0.05) is 12.4 Å². The van der Waals surface area contributed by atoms with Crippen LogP contribution < -0.4 is 0 Å². The minimum Gasteiger partial charge on any atom is -0.367 e. The molecule has 0 aliphatic heterocycles. The van der Waals surface area contributed by atoms with Crippen LogP contribution in [0.4, 0.5) is 0 Å². The zero-order valence-electron chi connectivity index (χ0n) is 6.09. The number of H-pyrrole nitrogens is 1. The van der Waals surface area contributed by atoms with Crippen LogP contribution in [0, 0.1) is 6.92 Å². The first kappa shape index (κ1) is 6.87. The molecule has 1 nitrogen and oxygen atoms in total. The van der Waals surface area contributed by atoms with E-state index in [1.54, 1.807) is 6.08 Å². The minimum atomic E-state index is 1.22. The second kappa shape index (κ2) is 3.06. The Balaban J connectivity index is 2.83. The van der Waals surface area contributed by atoms with Crippen LogP contribution in [-0.4, -0.2) is 4.98 Å². The summed E-state index contributed by atoms with van der Waals surface area (Å²) in [5.41, 5.74) is 2.48. The maximum atomic E-state index is 3.59. The Kier molecular flexibility index (Phi) is 2.11. The van der Waals surface area contributed by atoms with Gasteiger partial charge in [-0.25, -0.2) is 0 Å². The second-order valence-corrected chi connectivity index (χ2v) is 2.19. The van der Waals surface area contributed by atoms with Crippen LogP contribution in [0.1, 0.15) is 11.1 Å². The van der Waals surface area contributed by atoms with Crippen molar-refractivity contribution >= 4 is 6.08 Å². The van der Waals surface area contributed by atoms with Crippen molar-refractivity contribution in [2.45, 2.75) is 6.92 Å². The Bertz CT molecular complexity index is 243. The maximum absolute atomic E-state index is 3.59. The van der Waals surface area contributed by atoms with E-state index in [9.17, 15) is 0 Å². The summed E-state index contributed by atoms with van der Waals surface area (Å²) in [6, 6.07) is 0. The number of hydrogen-bond donors (Lipinski definition) is 1. The molecule has 0 saturated heterocycles. The zero-order valence-corrected chi connectivity index (χ0v) is 6.09. The first-order valence-electron chi connectivity index (χ1n) is 3.27. The quantitative estimate of drug-likeness (QED) is 0.597. The summed E-state index contributed by atoms with van der Waals surface area (Å²) >= 11 is 0. The Morgan fingerprint density at radius 3 is 2.80 bits per heavy atom. The predicted molar refractivity (Wildman–Crippen MR) is 44.8 cm³/mol. The first-order valence-corrected chi connectivity index (χ1v) is 3.27. The zero-order chi connectivity index (χ0) is 7.40. The van der Waals surface area contributed by atoms with Crippen molar-refractivity contribution in [1.82, 2.24) is 4.98 Å². The van der Waals surface area contributed by atoms with E-state index in [1.165, 1.54) is 11.1 Å². The van der Waals surface area contributed by atoms with Gasteiger partial charge in [0.2, 0.25) is 0 Å². The van der Waals surface area contributed by atoms with Crippen LogP contribution in [0.2, 0.25) is 0 Å². The maximum Gasteiger partial charge on any atom is 0.00808 e. The van der Waals surface area contributed by atoms with E-state index >= 15 is 0 Å². The number of hydrogen-bond acceptors (Lipinski definition) is 0. The van der Waals surface area contributed by atoms with E-state index in [1.807, 2.05) is 24.5 Å². The fourth-order valence-corrected chi connectivity index (χ4v) is 0.805. The first-order chi connectivity index (χ1) is 4.84. The molecule has 1 rings (SSSR count).